The highest BCUT2D eigenvalue weighted by molar-refractivity contribution is 6.30. The summed E-state index contributed by atoms with van der Waals surface area (Å²) in [5.74, 6) is 0.858. The maximum atomic E-state index is 6.12. The summed E-state index contributed by atoms with van der Waals surface area (Å²) in [5.41, 5.74) is 5.33. The lowest BCUT2D eigenvalue weighted by Gasteiger charge is -2.07. The van der Waals surface area contributed by atoms with Crippen LogP contribution in [-0.2, 0) is 0 Å². The highest BCUT2D eigenvalue weighted by atomic mass is 35.5. The Bertz CT molecular complexity index is 1080. The van der Waals surface area contributed by atoms with Gasteiger partial charge in [0, 0.05) is 10.6 Å². The second kappa shape index (κ2) is 6.38. The Labute approximate surface area is 155 Å². The zero-order chi connectivity index (χ0) is 18.3. The van der Waals surface area contributed by atoms with E-state index in [1.165, 1.54) is 5.56 Å². The maximum Gasteiger partial charge on any atom is 0.280 e. The fraction of sp³-hybridized carbons (Fsp3) is 0.158. The van der Waals surface area contributed by atoms with Gasteiger partial charge in [-0.3, -0.25) is 0 Å². The second-order valence-electron chi connectivity index (χ2n) is 6.16. The Morgan fingerprint density at radius 2 is 1.77 bits per heavy atom. The van der Waals surface area contributed by atoms with Gasteiger partial charge in [-0.2, -0.15) is 4.98 Å². The summed E-state index contributed by atoms with van der Waals surface area (Å²) < 4.78 is 7.14. The molecule has 0 spiro atoms. The molecule has 0 aliphatic carbocycles. The Morgan fingerprint density at radius 1 is 1.00 bits per heavy atom. The fourth-order valence-electron chi connectivity index (χ4n) is 2.71. The third-order valence-electron chi connectivity index (χ3n) is 4.23. The summed E-state index contributed by atoms with van der Waals surface area (Å²) in [6, 6.07) is 13.6. The monoisotopic (exact) mass is 365 g/mol. The van der Waals surface area contributed by atoms with Gasteiger partial charge in [-0.25, -0.2) is 4.68 Å². The van der Waals surface area contributed by atoms with Crippen molar-refractivity contribution in [2.24, 2.45) is 0 Å². The van der Waals surface area contributed by atoms with Gasteiger partial charge in [0.25, 0.3) is 5.89 Å². The van der Waals surface area contributed by atoms with E-state index in [0.29, 0.717) is 22.4 Å². The first-order valence-corrected chi connectivity index (χ1v) is 8.50. The molecule has 26 heavy (non-hydrogen) atoms. The molecule has 0 N–H and O–H groups in total. The molecule has 0 aliphatic heterocycles. The number of rotatable bonds is 3. The van der Waals surface area contributed by atoms with E-state index in [1.807, 2.05) is 63.2 Å². The lowest BCUT2D eigenvalue weighted by molar-refractivity contribution is 0.430. The van der Waals surface area contributed by atoms with Gasteiger partial charge in [-0.05, 0) is 38.5 Å². The van der Waals surface area contributed by atoms with E-state index in [-0.39, 0.29) is 0 Å². The van der Waals surface area contributed by atoms with Crippen molar-refractivity contribution in [1.82, 2.24) is 25.1 Å². The molecule has 0 radical (unpaired) electrons. The quantitative estimate of drug-likeness (QED) is 0.532. The lowest BCUT2D eigenvalue weighted by atomic mass is 10.1. The predicted octanol–water partition coefficient (Wildman–Crippen LogP) is 4.56. The first-order valence-electron chi connectivity index (χ1n) is 8.13. The van der Waals surface area contributed by atoms with Gasteiger partial charge in [0.1, 0.15) is 0 Å². The number of nitrogens with zero attached hydrogens (tertiary/aromatic N) is 5. The van der Waals surface area contributed by atoms with Crippen molar-refractivity contribution in [2.75, 3.05) is 0 Å². The summed E-state index contributed by atoms with van der Waals surface area (Å²) in [4.78, 5) is 4.47. The third kappa shape index (κ3) is 2.88. The lowest BCUT2D eigenvalue weighted by Crippen LogP contribution is -2.01. The minimum absolute atomic E-state index is 0.337. The molecule has 0 saturated carbocycles. The molecule has 0 bridgehead atoms. The molecular formula is C19H16ClN5O. The van der Waals surface area contributed by atoms with Crippen molar-refractivity contribution in [1.29, 1.82) is 0 Å². The van der Waals surface area contributed by atoms with Crippen LogP contribution in [0.25, 0.3) is 28.7 Å². The standard InChI is InChI=1S/C19H16ClN5O/c1-11-4-7-14(8-5-11)18-21-19(26-23-18)17-13(3)25(24-22-17)16-10-15(20)9-6-12(16)2/h4-10H,1-3H3. The number of aryl methyl sites for hydroxylation is 2. The molecule has 0 saturated heterocycles. The second-order valence-corrected chi connectivity index (χ2v) is 6.59. The van der Waals surface area contributed by atoms with E-state index in [1.54, 1.807) is 4.68 Å². The minimum Gasteiger partial charge on any atom is -0.332 e. The number of hydrogen-bond acceptors (Lipinski definition) is 5. The van der Waals surface area contributed by atoms with Crippen molar-refractivity contribution in [3.8, 4) is 28.7 Å². The molecule has 0 amide bonds. The van der Waals surface area contributed by atoms with Crippen LogP contribution in [0.2, 0.25) is 5.02 Å². The summed E-state index contributed by atoms with van der Waals surface area (Å²) in [7, 11) is 0. The number of halogens is 1. The van der Waals surface area contributed by atoms with Gasteiger partial charge >= 0.3 is 0 Å². The number of benzene rings is 2. The van der Waals surface area contributed by atoms with Crippen LogP contribution in [0.5, 0.6) is 0 Å². The van der Waals surface area contributed by atoms with Crippen LogP contribution >= 0.6 is 11.6 Å². The van der Waals surface area contributed by atoms with Gasteiger partial charge in [0.2, 0.25) is 5.82 Å². The van der Waals surface area contributed by atoms with E-state index < -0.39 is 0 Å². The molecule has 0 atom stereocenters. The summed E-state index contributed by atoms with van der Waals surface area (Å²) in [6.07, 6.45) is 0. The molecule has 6 nitrogen and oxygen atoms in total. The molecule has 7 heteroatoms. The SMILES string of the molecule is Cc1ccc(-c2noc(-c3nnn(-c4cc(Cl)ccc4C)c3C)n2)cc1. The van der Waals surface area contributed by atoms with Crippen LogP contribution < -0.4 is 0 Å². The van der Waals surface area contributed by atoms with Crippen LogP contribution in [0.3, 0.4) is 0 Å². The highest BCUT2D eigenvalue weighted by Gasteiger charge is 2.19. The van der Waals surface area contributed by atoms with Crippen LogP contribution in [0.15, 0.2) is 47.0 Å². The van der Waals surface area contributed by atoms with Gasteiger partial charge in [0.15, 0.2) is 5.69 Å². The third-order valence-corrected chi connectivity index (χ3v) is 4.47. The van der Waals surface area contributed by atoms with Gasteiger partial charge < -0.3 is 4.52 Å². The summed E-state index contributed by atoms with van der Waals surface area (Å²) >= 11 is 6.12. The van der Waals surface area contributed by atoms with Crippen molar-refractivity contribution >= 4 is 11.6 Å². The largest absolute Gasteiger partial charge is 0.332 e. The maximum absolute atomic E-state index is 6.12. The van der Waals surface area contributed by atoms with E-state index in [2.05, 4.69) is 20.5 Å². The molecular weight excluding hydrogens is 350 g/mol. The Hall–Kier alpha value is -2.99. The Balaban J connectivity index is 1.73. The van der Waals surface area contributed by atoms with Crippen LogP contribution in [0.1, 0.15) is 16.8 Å². The molecule has 0 unspecified atom stereocenters. The molecule has 0 aliphatic rings. The number of aromatic nitrogens is 5. The first-order chi connectivity index (χ1) is 12.5. The Morgan fingerprint density at radius 3 is 2.54 bits per heavy atom. The molecule has 2 heterocycles. The van der Waals surface area contributed by atoms with Gasteiger partial charge in [-0.15, -0.1) is 5.10 Å². The van der Waals surface area contributed by atoms with Crippen molar-refractivity contribution in [3.63, 3.8) is 0 Å². The van der Waals surface area contributed by atoms with Crippen molar-refractivity contribution in [3.05, 3.63) is 64.3 Å². The predicted molar refractivity (Wildman–Crippen MR) is 99.3 cm³/mol. The zero-order valence-electron chi connectivity index (χ0n) is 14.6. The molecule has 130 valence electrons. The molecule has 0 fully saturated rings. The van der Waals surface area contributed by atoms with Gasteiger partial charge in [-0.1, -0.05) is 57.9 Å². The molecule has 4 aromatic rings. The van der Waals surface area contributed by atoms with E-state index in [9.17, 15) is 0 Å². The van der Waals surface area contributed by atoms with E-state index in [4.69, 9.17) is 16.1 Å². The van der Waals surface area contributed by atoms with E-state index in [0.717, 1.165) is 22.5 Å². The molecule has 2 aromatic carbocycles. The topological polar surface area (TPSA) is 69.6 Å². The summed E-state index contributed by atoms with van der Waals surface area (Å²) in [5, 5.41) is 13.2. The smallest absolute Gasteiger partial charge is 0.280 e. The van der Waals surface area contributed by atoms with Crippen LogP contribution in [0, 0.1) is 20.8 Å². The highest BCUT2D eigenvalue weighted by Crippen LogP contribution is 2.26. The summed E-state index contributed by atoms with van der Waals surface area (Å²) in [6.45, 7) is 5.94. The average molecular weight is 366 g/mol. The molecule has 4 rings (SSSR count). The van der Waals surface area contributed by atoms with Crippen molar-refractivity contribution in [2.45, 2.75) is 20.8 Å². The normalized spacial score (nSPS) is 11.1. The van der Waals surface area contributed by atoms with Crippen LogP contribution in [0.4, 0.5) is 0 Å². The van der Waals surface area contributed by atoms with Crippen LogP contribution in [-0.4, -0.2) is 25.1 Å². The average Bonchev–Trinajstić information content (AvgIpc) is 3.24. The van der Waals surface area contributed by atoms with Gasteiger partial charge in [0.05, 0.1) is 11.4 Å². The first kappa shape index (κ1) is 16.5. The molecule has 2 aromatic heterocycles. The minimum atomic E-state index is 0.337. The van der Waals surface area contributed by atoms with E-state index >= 15 is 0 Å². The fourth-order valence-corrected chi connectivity index (χ4v) is 2.87. The Kier molecular flexibility index (Phi) is 4.05. The number of hydrogen-bond donors (Lipinski definition) is 0. The van der Waals surface area contributed by atoms with Crippen molar-refractivity contribution < 1.29 is 4.52 Å². The zero-order valence-corrected chi connectivity index (χ0v) is 15.3.